The Hall–Kier alpha value is -2.37. The van der Waals surface area contributed by atoms with Crippen molar-refractivity contribution in [1.29, 1.82) is 0 Å². The van der Waals surface area contributed by atoms with Gasteiger partial charge in [-0.05, 0) is 29.8 Å². The first kappa shape index (κ1) is 16.1. The molecule has 4 rings (SSSR count). The molecule has 4 nitrogen and oxygen atoms in total. The highest BCUT2D eigenvalue weighted by molar-refractivity contribution is 7.07. The zero-order valence-corrected chi connectivity index (χ0v) is 14.9. The molecule has 0 N–H and O–H groups in total. The van der Waals surface area contributed by atoms with Crippen LogP contribution in [0.5, 0.6) is 5.75 Å². The van der Waals surface area contributed by atoms with Gasteiger partial charge in [-0.25, -0.2) is 0 Å². The van der Waals surface area contributed by atoms with E-state index in [0.717, 1.165) is 21.7 Å². The highest BCUT2D eigenvalue weighted by atomic mass is 35.5. The molecule has 0 spiro atoms. The Morgan fingerprint density at radius 1 is 1.20 bits per heavy atom. The molecule has 0 saturated carbocycles. The number of hydrogen-bond donors (Lipinski definition) is 0. The summed E-state index contributed by atoms with van der Waals surface area (Å²) in [4.78, 5) is 17.6. The van der Waals surface area contributed by atoms with Crippen molar-refractivity contribution in [2.45, 2.75) is 13.2 Å². The zero-order valence-electron chi connectivity index (χ0n) is 13.3. The molecule has 0 aliphatic carbocycles. The van der Waals surface area contributed by atoms with E-state index in [2.05, 4.69) is 4.99 Å². The number of halogens is 1. The average Bonchev–Trinajstić information content (AvgIpc) is 3.19. The molecule has 1 aliphatic heterocycles. The minimum absolute atomic E-state index is 0.0220. The molecule has 0 radical (unpaired) electrons. The van der Waals surface area contributed by atoms with Gasteiger partial charge in [-0.2, -0.15) is 0 Å². The third-order valence-electron chi connectivity index (χ3n) is 3.97. The molecule has 3 aromatic rings. The molecule has 6 heteroatoms. The van der Waals surface area contributed by atoms with E-state index in [0.29, 0.717) is 29.3 Å². The number of ether oxygens (including phenoxy) is 1. The fraction of sp³-hybridized carbons (Fsp3) is 0.158. The summed E-state index contributed by atoms with van der Waals surface area (Å²) in [5, 5.41) is 0.703. The van der Waals surface area contributed by atoms with Crippen LogP contribution in [0.25, 0.3) is 6.08 Å². The summed E-state index contributed by atoms with van der Waals surface area (Å²) < 4.78 is 8.36. The Labute approximate surface area is 153 Å². The molecule has 126 valence electrons. The third-order valence-corrected chi connectivity index (χ3v) is 5.27. The van der Waals surface area contributed by atoms with E-state index in [1.165, 1.54) is 11.3 Å². The number of rotatable bonds is 4. The molecule has 25 heavy (non-hydrogen) atoms. The standard InChI is InChI=1S/C19H15ClN2O2S/c20-15-7-5-13(6-8-15)12-24-16-4-2-1-3-14(16)11-17-18(23)22-10-9-21-19(22)25-17/h1-8,11H,9-10,12H2. The molecule has 1 aromatic heterocycles. The topological polar surface area (TPSA) is 43.6 Å². The molecular weight excluding hydrogens is 356 g/mol. The molecule has 0 bridgehead atoms. The quantitative estimate of drug-likeness (QED) is 0.708. The van der Waals surface area contributed by atoms with Crippen molar-refractivity contribution < 1.29 is 4.74 Å². The normalized spacial score (nSPS) is 13.6. The van der Waals surface area contributed by atoms with Crippen molar-refractivity contribution in [3.63, 3.8) is 0 Å². The van der Waals surface area contributed by atoms with Gasteiger partial charge in [0.15, 0.2) is 4.80 Å². The van der Waals surface area contributed by atoms with E-state index in [-0.39, 0.29) is 5.56 Å². The van der Waals surface area contributed by atoms with Crippen LogP contribution < -0.4 is 19.6 Å². The lowest BCUT2D eigenvalue weighted by Crippen LogP contribution is -2.29. The van der Waals surface area contributed by atoms with Crippen molar-refractivity contribution in [3.8, 4) is 5.75 Å². The molecule has 0 saturated heterocycles. The van der Waals surface area contributed by atoms with Crippen LogP contribution in [0.2, 0.25) is 5.02 Å². The minimum Gasteiger partial charge on any atom is -0.488 e. The van der Waals surface area contributed by atoms with Gasteiger partial charge in [0.05, 0.1) is 11.1 Å². The summed E-state index contributed by atoms with van der Waals surface area (Å²) in [6.07, 6.45) is 1.88. The van der Waals surface area contributed by atoms with Crippen LogP contribution in [0.1, 0.15) is 11.1 Å². The van der Waals surface area contributed by atoms with Crippen LogP contribution >= 0.6 is 22.9 Å². The lowest BCUT2D eigenvalue weighted by atomic mass is 10.2. The maximum atomic E-state index is 12.4. The molecule has 1 aliphatic rings. The van der Waals surface area contributed by atoms with Crippen LogP contribution in [0.4, 0.5) is 0 Å². The Bertz CT molecular complexity index is 1080. The SMILES string of the molecule is O=c1c(=Cc2ccccc2OCc2ccc(Cl)cc2)sc2n1CCN=2. The molecule has 0 fully saturated rings. The van der Waals surface area contributed by atoms with E-state index in [4.69, 9.17) is 16.3 Å². The van der Waals surface area contributed by atoms with E-state index in [1.54, 1.807) is 4.57 Å². The first-order chi connectivity index (χ1) is 12.2. The van der Waals surface area contributed by atoms with Crippen molar-refractivity contribution in [2.75, 3.05) is 6.54 Å². The van der Waals surface area contributed by atoms with Gasteiger partial charge in [0.2, 0.25) is 0 Å². The van der Waals surface area contributed by atoms with Gasteiger partial charge in [-0.3, -0.25) is 14.4 Å². The molecule has 0 amide bonds. The van der Waals surface area contributed by atoms with Gasteiger partial charge in [0.1, 0.15) is 12.4 Å². The monoisotopic (exact) mass is 370 g/mol. The Morgan fingerprint density at radius 2 is 2.00 bits per heavy atom. The Kier molecular flexibility index (Phi) is 4.42. The number of thiazole rings is 1. The zero-order chi connectivity index (χ0) is 17.2. The van der Waals surface area contributed by atoms with Gasteiger partial charge in [-0.15, -0.1) is 0 Å². The molecule has 0 unspecified atom stereocenters. The first-order valence-electron chi connectivity index (χ1n) is 7.93. The predicted octanol–water partition coefficient (Wildman–Crippen LogP) is 2.60. The molecular formula is C19H15ClN2O2S. The first-order valence-corrected chi connectivity index (χ1v) is 9.12. The largest absolute Gasteiger partial charge is 0.488 e. The second-order valence-corrected chi connectivity index (χ2v) is 7.13. The highest BCUT2D eigenvalue weighted by Crippen LogP contribution is 2.20. The lowest BCUT2D eigenvalue weighted by Gasteiger charge is -2.09. The number of para-hydroxylation sites is 1. The van der Waals surface area contributed by atoms with Crippen molar-refractivity contribution in [2.24, 2.45) is 4.99 Å². The van der Waals surface area contributed by atoms with Gasteiger partial charge >= 0.3 is 0 Å². The fourth-order valence-electron chi connectivity index (χ4n) is 2.68. The highest BCUT2D eigenvalue weighted by Gasteiger charge is 2.10. The van der Waals surface area contributed by atoms with Crippen LogP contribution in [0.3, 0.4) is 0 Å². The van der Waals surface area contributed by atoms with E-state index >= 15 is 0 Å². The van der Waals surface area contributed by atoms with Gasteiger partial charge in [-0.1, -0.05) is 53.3 Å². The second kappa shape index (κ2) is 6.86. The molecule has 0 atom stereocenters. The third kappa shape index (κ3) is 3.38. The number of aromatic nitrogens is 1. The summed E-state index contributed by atoms with van der Waals surface area (Å²) in [6.45, 7) is 1.81. The summed E-state index contributed by atoms with van der Waals surface area (Å²) in [7, 11) is 0. The number of hydrogen-bond acceptors (Lipinski definition) is 4. The van der Waals surface area contributed by atoms with Crippen molar-refractivity contribution in [3.05, 3.63) is 84.4 Å². The second-order valence-electron chi connectivity index (χ2n) is 5.68. The smallest absolute Gasteiger partial charge is 0.270 e. The maximum Gasteiger partial charge on any atom is 0.270 e. The van der Waals surface area contributed by atoms with Gasteiger partial charge in [0.25, 0.3) is 5.56 Å². The van der Waals surface area contributed by atoms with E-state index in [9.17, 15) is 4.79 Å². The van der Waals surface area contributed by atoms with E-state index < -0.39 is 0 Å². The lowest BCUT2D eigenvalue weighted by molar-refractivity contribution is 0.305. The van der Waals surface area contributed by atoms with Gasteiger partial charge in [0, 0.05) is 17.1 Å². The summed E-state index contributed by atoms with van der Waals surface area (Å²) in [6, 6.07) is 15.3. The van der Waals surface area contributed by atoms with E-state index in [1.807, 2.05) is 54.6 Å². The van der Waals surface area contributed by atoms with Crippen LogP contribution in [-0.4, -0.2) is 11.1 Å². The summed E-state index contributed by atoms with van der Waals surface area (Å²) in [5.41, 5.74) is 1.94. The summed E-state index contributed by atoms with van der Waals surface area (Å²) >= 11 is 7.33. The Balaban J connectivity index is 1.64. The minimum atomic E-state index is 0.0220. The number of benzene rings is 2. The van der Waals surface area contributed by atoms with Gasteiger partial charge < -0.3 is 4.74 Å². The maximum absolute atomic E-state index is 12.4. The molecule has 2 heterocycles. The molecule has 2 aromatic carbocycles. The summed E-state index contributed by atoms with van der Waals surface area (Å²) in [5.74, 6) is 0.743. The number of nitrogens with zero attached hydrogens (tertiary/aromatic N) is 2. The Morgan fingerprint density at radius 3 is 2.80 bits per heavy atom. The van der Waals surface area contributed by atoms with Crippen molar-refractivity contribution >= 4 is 29.0 Å². The van der Waals surface area contributed by atoms with Crippen molar-refractivity contribution in [1.82, 2.24) is 4.57 Å². The number of fused-ring (bicyclic) bond motifs is 1. The average molecular weight is 371 g/mol. The van der Waals surface area contributed by atoms with Crippen LogP contribution in [0.15, 0.2) is 58.3 Å². The fourth-order valence-corrected chi connectivity index (χ4v) is 3.83. The van der Waals surface area contributed by atoms with Crippen LogP contribution in [0, 0.1) is 0 Å². The predicted molar refractivity (Wildman–Crippen MR) is 100 cm³/mol. The van der Waals surface area contributed by atoms with Crippen LogP contribution in [-0.2, 0) is 13.2 Å².